The highest BCUT2D eigenvalue weighted by Gasteiger charge is 2.01. The molecule has 1 aromatic rings. The molecule has 0 fully saturated rings. The summed E-state index contributed by atoms with van der Waals surface area (Å²) in [5.41, 5.74) is 0. The topological polar surface area (TPSA) is 46.9 Å². The molecule has 0 atom stereocenters. The normalized spacial score (nSPS) is 11.0. The Morgan fingerprint density at radius 3 is 1.65 bits per heavy atom. The van der Waals surface area contributed by atoms with Crippen molar-refractivity contribution >= 4 is 6.03 Å². The van der Waals surface area contributed by atoms with Gasteiger partial charge in [-0.2, -0.15) is 0 Å². The van der Waals surface area contributed by atoms with Gasteiger partial charge in [-0.25, -0.2) is 9.78 Å². The molecule has 1 rings (SSSR count). The van der Waals surface area contributed by atoms with Crippen LogP contribution in [0.5, 0.6) is 0 Å². The molecule has 4 heteroatoms. The summed E-state index contributed by atoms with van der Waals surface area (Å²) in [5.74, 6) is 0. The number of nitrogens with one attached hydrogen (secondary N) is 1. The lowest BCUT2D eigenvalue weighted by Gasteiger charge is -2.05. The van der Waals surface area contributed by atoms with Crippen molar-refractivity contribution < 1.29 is 4.79 Å². The highest BCUT2D eigenvalue weighted by atomic mass is 16.2. The van der Waals surface area contributed by atoms with Crippen LogP contribution in [0.25, 0.3) is 0 Å². The maximum atomic E-state index is 11.7. The Morgan fingerprint density at radius 2 is 1.23 bits per heavy atom. The number of hydrogen-bond donors (Lipinski definition) is 1. The number of imidazole rings is 1. The summed E-state index contributed by atoms with van der Waals surface area (Å²) in [6, 6.07) is -0.0801. The molecule has 0 aliphatic heterocycles. The average Bonchev–Trinajstić information content (AvgIpc) is 3.19. The van der Waals surface area contributed by atoms with Gasteiger partial charge in [-0.15, -0.1) is 0 Å². The fourth-order valence-corrected chi connectivity index (χ4v) is 3.34. The van der Waals surface area contributed by atoms with Crippen LogP contribution in [0.4, 0.5) is 4.79 Å². The molecule has 1 N–H and O–H groups in total. The van der Waals surface area contributed by atoms with E-state index in [1.165, 1.54) is 107 Å². The van der Waals surface area contributed by atoms with Crippen molar-refractivity contribution in [1.29, 1.82) is 0 Å². The van der Waals surface area contributed by atoms with Gasteiger partial charge in [-0.05, 0) is 6.42 Å². The SMILES string of the molecule is CCCCCCCCCCCCCCCCCCNC(=O)n1ccnc1. The summed E-state index contributed by atoms with van der Waals surface area (Å²) in [6.45, 7) is 3.04. The molecule has 0 saturated heterocycles. The maximum Gasteiger partial charge on any atom is 0.326 e. The van der Waals surface area contributed by atoms with Crippen LogP contribution < -0.4 is 5.32 Å². The van der Waals surface area contributed by atoms with Gasteiger partial charge < -0.3 is 5.32 Å². The van der Waals surface area contributed by atoms with Crippen molar-refractivity contribution in [3.63, 3.8) is 0 Å². The number of carbonyl (C=O) groups is 1. The summed E-state index contributed by atoms with van der Waals surface area (Å²) in [7, 11) is 0. The Kier molecular flexibility index (Phi) is 15.0. The highest BCUT2D eigenvalue weighted by molar-refractivity contribution is 5.76. The largest absolute Gasteiger partial charge is 0.337 e. The molecule has 0 saturated carbocycles. The Morgan fingerprint density at radius 1 is 0.769 bits per heavy atom. The summed E-state index contributed by atoms with van der Waals surface area (Å²) in [6.07, 6.45) is 26.8. The molecule has 26 heavy (non-hydrogen) atoms. The molecule has 4 nitrogen and oxygen atoms in total. The summed E-state index contributed by atoms with van der Waals surface area (Å²) >= 11 is 0. The minimum atomic E-state index is -0.0801. The average molecular weight is 364 g/mol. The molecule has 0 unspecified atom stereocenters. The lowest BCUT2D eigenvalue weighted by atomic mass is 10.0. The molecule has 0 aromatic carbocycles. The molecule has 0 spiro atoms. The fourth-order valence-electron chi connectivity index (χ4n) is 3.34. The Hall–Kier alpha value is -1.32. The number of nitrogens with zero attached hydrogens (tertiary/aromatic N) is 2. The third kappa shape index (κ3) is 13.0. The standard InChI is InChI=1S/C22H41N3O/c1-2-3-4-5-6-7-8-9-10-11-12-13-14-15-16-17-18-24-22(26)25-20-19-23-21-25/h19-21H,2-18H2,1H3,(H,24,26). The van der Waals surface area contributed by atoms with Gasteiger partial charge in [0.15, 0.2) is 0 Å². The predicted octanol–water partition coefficient (Wildman–Crippen LogP) is 6.70. The van der Waals surface area contributed by atoms with E-state index in [2.05, 4.69) is 17.2 Å². The third-order valence-corrected chi connectivity index (χ3v) is 5.05. The monoisotopic (exact) mass is 363 g/mol. The van der Waals surface area contributed by atoms with Crippen LogP contribution >= 0.6 is 0 Å². The van der Waals surface area contributed by atoms with Crippen molar-refractivity contribution in [2.45, 2.75) is 110 Å². The van der Waals surface area contributed by atoms with E-state index in [1.807, 2.05) is 0 Å². The third-order valence-electron chi connectivity index (χ3n) is 5.05. The number of carbonyl (C=O) groups excluding carboxylic acids is 1. The van der Waals surface area contributed by atoms with Gasteiger partial charge in [0.1, 0.15) is 6.33 Å². The van der Waals surface area contributed by atoms with Crippen LogP contribution in [0.3, 0.4) is 0 Å². The zero-order chi connectivity index (χ0) is 18.7. The van der Waals surface area contributed by atoms with Crippen LogP contribution in [0, 0.1) is 0 Å². The molecule has 1 amide bonds. The van der Waals surface area contributed by atoms with Crippen LogP contribution in [-0.4, -0.2) is 22.1 Å². The Bertz CT molecular complexity index is 417. The Balaban J connectivity index is 1.71. The molecule has 0 aliphatic rings. The molecule has 0 radical (unpaired) electrons. The summed E-state index contributed by atoms with van der Waals surface area (Å²) < 4.78 is 1.48. The van der Waals surface area contributed by atoms with Crippen molar-refractivity contribution in [1.82, 2.24) is 14.9 Å². The van der Waals surface area contributed by atoms with E-state index in [0.29, 0.717) is 0 Å². The molecular formula is C22H41N3O. The van der Waals surface area contributed by atoms with Gasteiger partial charge in [0, 0.05) is 18.9 Å². The molecule has 1 aromatic heterocycles. The predicted molar refractivity (Wildman–Crippen MR) is 111 cm³/mol. The van der Waals surface area contributed by atoms with Gasteiger partial charge in [-0.1, -0.05) is 103 Å². The van der Waals surface area contributed by atoms with Gasteiger partial charge in [-0.3, -0.25) is 4.57 Å². The quantitative estimate of drug-likeness (QED) is 0.313. The summed E-state index contributed by atoms with van der Waals surface area (Å²) in [4.78, 5) is 15.6. The molecule has 0 aliphatic carbocycles. The molecular weight excluding hydrogens is 322 g/mol. The maximum absolute atomic E-state index is 11.7. The lowest BCUT2D eigenvalue weighted by molar-refractivity contribution is 0.242. The zero-order valence-electron chi connectivity index (χ0n) is 17.1. The first-order chi connectivity index (χ1) is 12.8. The second-order valence-electron chi connectivity index (χ2n) is 7.51. The molecule has 1 heterocycles. The van der Waals surface area contributed by atoms with Crippen LogP contribution in [0.15, 0.2) is 18.7 Å². The highest BCUT2D eigenvalue weighted by Crippen LogP contribution is 2.13. The van der Waals surface area contributed by atoms with E-state index in [-0.39, 0.29) is 6.03 Å². The zero-order valence-corrected chi connectivity index (χ0v) is 17.1. The number of aromatic nitrogens is 2. The van der Waals surface area contributed by atoms with Crippen molar-refractivity contribution in [2.75, 3.05) is 6.54 Å². The van der Waals surface area contributed by atoms with Crippen molar-refractivity contribution in [3.8, 4) is 0 Å². The molecule has 0 bridgehead atoms. The van der Waals surface area contributed by atoms with Crippen molar-refractivity contribution in [3.05, 3.63) is 18.7 Å². The first-order valence-corrected chi connectivity index (χ1v) is 11.1. The Labute approximate surface area is 161 Å². The van der Waals surface area contributed by atoms with Gasteiger partial charge in [0.2, 0.25) is 0 Å². The van der Waals surface area contributed by atoms with Crippen LogP contribution in [0.2, 0.25) is 0 Å². The van der Waals surface area contributed by atoms with Crippen molar-refractivity contribution in [2.24, 2.45) is 0 Å². The number of hydrogen-bond acceptors (Lipinski definition) is 2. The van der Waals surface area contributed by atoms with E-state index >= 15 is 0 Å². The van der Waals surface area contributed by atoms with Gasteiger partial charge in [0.25, 0.3) is 0 Å². The number of unbranched alkanes of at least 4 members (excludes halogenated alkanes) is 15. The number of rotatable bonds is 17. The number of amides is 1. The van der Waals surface area contributed by atoms with Crippen LogP contribution in [0.1, 0.15) is 110 Å². The fraction of sp³-hybridized carbons (Fsp3) is 0.818. The van der Waals surface area contributed by atoms with Gasteiger partial charge in [0.05, 0.1) is 0 Å². The van der Waals surface area contributed by atoms with E-state index in [9.17, 15) is 4.79 Å². The smallest absolute Gasteiger partial charge is 0.326 e. The van der Waals surface area contributed by atoms with E-state index in [1.54, 1.807) is 12.4 Å². The summed E-state index contributed by atoms with van der Waals surface area (Å²) in [5, 5.41) is 2.92. The minimum absolute atomic E-state index is 0.0801. The molecule has 150 valence electrons. The first kappa shape index (κ1) is 22.7. The second-order valence-corrected chi connectivity index (χ2v) is 7.51. The first-order valence-electron chi connectivity index (χ1n) is 11.1. The van der Waals surface area contributed by atoms with E-state index < -0.39 is 0 Å². The minimum Gasteiger partial charge on any atom is -0.337 e. The second kappa shape index (κ2) is 17.1. The lowest BCUT2D eigenvalue weighted by Crippen LogP contribution is -2.28. The van der Waals surface area contributed by atoms with Crippen LogP contribution in [-0.2, 0) is 0 Å². The van der Waals surface area contributed by atoms with E-state index in [0.717, 1.165) is 13.0 Å². The van der Waals surface area contributed by atoms with E-state index in [4.69, 9.17) is 0 Å². The van der Waals surface area contributed by atoms with Gasteiger partial charge >= 0.3 is 6.03 Å².